The molecule has 4 heteroatoms. The van der Waals surface area contributed by atoms with Crippen molar-refractivity contribution in [3.63, 3.8) is 0 Å². The first-order valence-electron chi connectivity index (χ1n) is 8.87. The molecule has 1 atom stereocenters. The van der Waals surface area contributed by atoms with E-state index in [4.69, 9.17) is 4.74 Å². The lowest BCUT2D eigenvalue weighted by molar-refractivity contribution is -0.0316. The van der Waals surface area contributed by atoms with E-state index in [1.165, 1.54) is 58.2 Å². The summed E-state index contributed by atoms with van der Waals surface area (Å²) in [6.45, 7) is 6.83. The predicted octanol–water partition coefficient (Wildman–Crippen LogP) is 1.56. The minimum absolute atomic E-state index is 0.367. The van der Waals surface area contributed by atoms with E-state index in [-0.39, 0.29) is 0 Å². The Bertz CT molecular complexity index is 316. The number of nitrogens with one attached hydrogen (secondary N) is 1. The third kappa shape index (κ3) is 4.41. The molecule has 0 bridgehead atoms. The maximum atomic E-state index is 5.86. The number of rotatable bonds is 6. The van der Waals surface area contributed by atoms with Crippen LogP contribution in [-0.4, -0.2) is 75.4 Å². The van der Waals surface area contributed by atoms with Crippen molar-refractivity contribution >= 4 is 0 Å². The van der Waals surface area contributed by atoms with Crippen molar-refractivity contribution < 1.29 is 4.74 Å². The second-order valence-electron chi connectivity index (χ2n) is 7.78. The lowest BCUT2D eigenvalue weighted by Gasteiger charge is -2.44. The molecule has 0 radical (unpaired) electrons. The summed E-state index contributed by atoms with van der Waals surface area (Å²) in [4.78, 5) is 5.09. The van der Waals surface area contributed by atoms with Gasteiger partial charge in [-0.3, -0.25) is 0 Å². The number of hydrogen-bond donors (Lipinski definition) is 1. The van der Waals surface area contributed by atoms with Gasteiger partial charge in [-0.1, -0.05) is 0 Å². The molecule has 0 aromatic heterocycles. The first-order valence-corrected chi connectivity index (χ1v) is 8.87. The Kier molecular flexibility index (Phi) is 5.20. The number of ether oxygens (including phenoxy) is 1. The molecule has 122 valence electrons. The van der Waals surface area contributed by atoms with Crippen LogP contribution >= 0.6 is 0 Å². The van der Waals surface area contributed by atoms with Crippen LogP contribution in [0.2, 0.25) is 0 Å². The molecule has 1 aliphatic carbocycles. The van der Waals surface area contributed by atoms with Gasteiger partial charge in [0, 0.05) is 37.2 Å². The fourth-order valence-corrected chi connectivity index (χ4v) is 3.95. The quantitative estimate of drug-likeness (QED) is 0.805. The number of nitrogens with zero attached hydrogens (tertiary/aromatic N) is 2. The lowest BCUT2D eigenvalue weighted by Crippen LogP contribution is -2.52. The van der Waals surface area contributed by atoms with E-state index >= 15 is 0 Å². The van der Waals surface area contributed by atoms with E-state index in [0.29, 0.717) is 5.41 Å². The Labute approximate surface area is 130 Å². The van der Waals surface area contributed by atoms with Gasteiger partial charge in [0.25, 0.3) is 0 Å². The van der Waals surface area contributed by atoms with Crippen LogP contribution in [0.3, 0.4) is 0 Å². The topological polar surface area (TPSA) is 27.7 Å². The Hall–Kier alpha value is -0.160. The van der Waals surface area contributed by atoms with E-state index < -0.39 is 0 Å². The van der Waals surface area contributed by atoms with E-state index in [2.05, 4.69) is 29.2 Å². The predicted molar refractivity (Wildman–Crippen MR) is 86.7 cm³/mol. The maximum Gasteiger partial charge on any atom is 0.0546 e. The molecular formula is C17H33N3O. The molecule has 0 amide bonds. The SMILES string of the molecule is CN(C)C1CCN(CC2(CNC3CC3)CCCOC2)CC1. The Morgan fingerprint density at radius 3 is 2.52 bits per heavy atom. The Balaban J connectivity index is 1.51. The summed E-state index contributed by atoms with van der Waals surface area (Å²) < 4.78 is 5.86. The van der Waals surface area contributed by atoms with Gasteiger partial charge in [0.15, 0.2) is 0 Å². The Morgan fingerprint density at radius 2 is 1.95 bits per heavy atom. The molecule has 3 fully saturated rings. The van der Waals surface area contributed by atoms with Crippen molar-refractivity contribution in [3.05, 3.63) is 0 Å². The van der Waals surface area contributed by atoms with Crippen LogP contribution in [0.1, 0.15) is 38.5 Å². The maximum absolute atomic E-state index is 5.86. The summed E-state index contributed by atoms with van der Waals surface area (Å²) in [7, 11) is 4.44. The molecule has 1 N–H and O–H groups in total. The van der Waals surface area contributed by atoms with Crippen LogP contribution in [0.5, 0.6) is 0 Å². The average molecular weight is 295 g/mol. The molecule has 2 saturated heterocycles. The molecule has 1 unspecified atom stereocenters. The lowest BCUT2D eigenvalue weighted by atomic mass is 9.81. The fraction of sp³-hybridized carbons (Fsp3) is 1.00. The molecular weight excluding hydrogens is 262 g/mol. The molecule has 0 aromatic carbocycles. The summed E-state index contributed by atoms with van der Waals surface area (Å²) in [6.07, 6.45) is 7.97. The highest BCUT2D eigenvalue weighted by molar-refractivity contribution is 4.92. The minimum Gasteiger partial charge on any atom is -0.381 e. The first kappa shape index (κ1) is 15.7. The molecule has 3 rings (SSSR count). The average Bonchev–Trinajstić information content (AvgIpc) is 3.31. The molecule has 3 aliphatic rings. The van der Waals surface area contributed by atoms with Gasteiger partial charge in [-0.25, -0.2) is 0 Å². The van der Waals surface area contributed by atoms with Gasteiger partial charge in [0.1, 0.15) is 0 Å². The van der Waals surface area contributed by atoms with Gasteiger partial charge in [-0.15, -0.1) is 0 Å². The third-order valence-corrected chi connectivity index (χ3v) is 5.59. The van der Waals surface area contributed by atoms with Crippen LogP contribution in [0.15, 0.2) is 0 Å². The highest BCUT2D eigenvalue weighted by Crippen LogP contribution is 2.32. The smallest absolute Gasteiger partial charge is 0.0546 e. The van der Waals surface area contributed by atoms with Gasteiger partial charge < -0.3 is 19.9 Å². The monoisotopic (exact) mass is 295 g/mol. The fourth-order valence-electron chi connectivity index (χ4n) is 3.95. The third-order valence-electron chi connectivity index (χ3n) is 5.59. The van der Waals surface area contributed by atoms with Gasteiger partial charge in [-0.05, 0) is 65.7 Å². The van der Waals surface area contributed by atoms with E-state index in [9.17, 15) is 0 Å². The highest BCUT2D eigenvalue weighted by Gasteiger charge is 2.37. The molecule has 4 nitrogen and oxygen atoms in total. The van der Waals surface area contributed by atoms with Crippen molar-refractivity contribution in [2.45, 2.75) is 50.6 Å². The molecule has 2 aliphatic heterocycles. The van der Waals surface area contributed by atoms with Gasteiger partial charge in [0.2, 0.25) is 0 Å². The number of hydrogen-bond acceptors (Lipinski definition) is 4. The zero-order valence-electron chi connectivity index (χ0n) is 13.9. The summed E-state index contributed by atoms with van der Waals surface area (Å²) in [5.41, 5.74) is 0.367. The summed E-state index contributed by atoms with van der Waals surface area (Å²) in [5.74, 6) is 0. The van der Waals surface area contributed by atoms with Crippen LogP contribution in [-0.2, 0) is 4.74 Å². The van der Waals surface area contributed by atoms with Crippen LogP contribution in [0.4, 0.5) is 0 Å². The second kappa shape index (κ2) is 6.95. The highest BCUT2D eigenvalue weighted by atomic mass is 16.5. The number of piperidine rings is 1. The summed E-state index contributed by atoms with van der Waals surface area (Å²) >= 11 is 0. The van der Waals surface area contributed by atoms with Crippen molar-refractivity contribution in [1.82, 2.24) is 15.1 Å². The van der Waals surface area contributed by atoms with E-state index in [1.807, 2.05) is 0 Å². The van der Waals surface area contributed by atoms with Crippen LogP contribution in [0.25, 0.3) is 0 Å². The first-order chi connectivity index (χ1) is 10.2. The molecule has 0 spiro atoms. The largest absolute Gasteiger partial charge is 0.381 e. The summed E-state index contributed by atoms with van der Waals surface area (Å²) in [5, 5.41) is 3.77. The van der Waals surface area contributed by atoms with Crippen molar-refractivity contribution in [1.29, 1.82) is 0 Å². The van der Waals surface area contributed by atoms with E-state index in [1.54, 1.807) is 0 Å². The van der Waals surface area contributed by atoms with Crippen molar-refractivity contribution in [2.75, 3.05) is 53.5 Å². The second-order valence-corrected chi connectivity index (χ2v) is 7.78. The van der Waals surface area contributed by atoms with E-state index in [0.717, 1.165) is 31.8 Å². The van der Waals surface area contributed by atoms with Crippen molar-refractivity contribution in [2.24, 2.45) is 5.41 Å². The minimum atomic E-state index is 0.367. The van der Waals surface area contributed by atoms with Gasteiger partial charge in [-0.2, -0.15) is 0 Å². The molecule has 21 heavy (non-hydrogen) atoms. The van der Waals surface area contributed by atoms with Crippen molar-refractivity contribution in [3.8, 4) is 0 Å². The number of likely N-dealkylation sites (tertiary alicyclic amines) is 1. The zero-order valence-corrected chi connectivity index (χ0v) is 13.9. The normalized spacial score (nSPS) is 32.7. The standard InChI is InChI=1S/C17H33N3O/c1-19(2)16-6-9-20(10-7-16)13-17(8-3-11-21-14-17)12-18-15-4-5-15/h15-16,18H,3-14H2,1-2H3. The summed E-state index contributed by atoms with van der Waals surface area (Å²) in [6, 6.07) is 1.59. The molecule has 0 aromatic rings. The Morgan fingerprint density at radius 1 is 1.19 bits per heavy atom. The van der Waals surface area contributed by atoms with Gasteiger partial charge in [0.05, 0.1) is 6.61 Å². The molecule has 1 saturated carbocycles. The van der Waals surface area contributed by atoms with Gasteiger partial charge >= 0.3 is 0 Å². The molecule has 2 heterocycles. The van der Waals surface area contributed by atoms with Crippen LogP contribution < -0.4 is 5.32 Å². The zero-order chi connectivity index (χ0) is 14.7. The van der Waals surface area contributed by atoms with Crippen LogP contribution in [0, 0.1) is 5.41 Å².